The summed E-state index contributed by atoms with van der Waals surface area (Å²) < 4.78 is 0. The van der Waals surface area contributed by atoms with Crippen molar-refractivity contribution in [1.82, 2.24) is 9.80 Å². The van der Waals surface area contributed by atoms with Crippen molar-refractivity contribution in [2.75, 3.05) is 51.3 Å². The topological polar surface area (TPSA) is 46.9 Å². The minimum absolute atomic E-state index is 0.325. The Morgan fingerprint density at radius 2 is 1.88 bits per heavy atom. The van der Waals surface area contributed by atoms with Crippen molar-refractivity contribution in [3.05, 3.63) is 29.8 Å². The van der Waals surface area contributed by atoms with Crippen LogP contribution in [0.1, 0.15) is 31.2 Å². The molecule has 0 amide bonds. The van der Waals surface area contributed by atoms with Crippen LogP contribution in [0.2, 0.25) is 0 Å². The standard InChI is InChI=1S/C21H34N2O2S/c1-26-13-3-9-22-10-6-21(19(16-22)17-24)7-11-23(12-8-21)15-18-4-2-5-20(25)14-18/h2,4-5,14,19,24-25H,3,6-13,15-17H2,1H3/t19-/m1/s1. The van der Waals surface area contributed by atoms with Crippen LogP contribution < -0.4 is 0 Å². The summed E-state index contributed by atoms with van der Waals surface area (Å²) in [6.45, 7) is 6.86. The van der Waals surface area contributed by atoms with Crippen LogP contribution >= 0.6 is 11.8 Å². The summed E-state index contributed by atoms with van der Waals surface area (Å²) in [6, 6.07) is 7.61. The molecule has 1 spiro atoms. The number of hydrogen-bond donors (Lipinski definition) is 2. The molecule has 3 rings (SSSR count). The van der Waals surface area contributed by atoms with E-state index in [4.69, 9.17) is 0 Å². The summed E-state index contributed by atoms with van der Waals surface area (Å²) in [6.07, 6.45) is 7.04. The van der Waals surface area contributed by atoms with Crippen LogP contribution in [-0.2, 0) is 6.54 Å². The van der Waals surface area contributed by atoms with Crippen LogP contribution in [0.4, 0.5) is 0 Å². The second-order valence-corrected chi connectivity index (χ2v) is 9.07. The Kier molecular flexibility index (Phi) is 7.27. The van der Waals surface area contributed by atoms with Gasteiger partial charge >= 0.3 is 0 Å². The first-order valence-corrected chi connectivity index (χ1v) is 11.4. The number of aromatic hydroxyl groups is 1. The molecule has 0 radical (unpaired) electrons. The zero-order valence-electron chi connectivity index (χ0n) is 16.1. The zero-order chi connectivity index (χ0) is 18.4. The van der Waals surface area contributed by atoms with Gasteiger partial charge in [-0.15, -0.1) is 0 Å². The van der Waals surface area contributed by atoms with Gasteiger partial charge in [0.25, 0.3) is 0 Å². The second-order valence-electron chi connectivity index (χ2n) is 8.08. The highest BCUT2D eigenvalue weighted by Crippen LogP contribution is 2.45. The normalized spacial score (nSPS) is 24.2. The molecule has 1 aromatic rings. The van der Waals surface area contributed by atoms with Crippen LogP contribution in [0.25, 0.3) is 0 Å². The van der Waals surface area contributed by atoms with Gasteiger partial charge in [-0.1, -0.05) is 12.1 Å². The van der Waals surface area contributed by atoms with E-state index in [1.165, 1.54) is 50.1 Å². The van der Waals surface area contributed by atoms with E-state index in [-0.39, 0.29) is 0 Å². The highest BCUT2D eigenvalue weighted by atomic mass is 32.2. The molecule has 0 aromatic heterocycles. The van der Waals surface area contributed by atoms with Gasteiger partial charge in [-0.3, -0.25) is 4.90 Å². The maximum atomic E-state index is 10.1. The van der Waals surface area contributed by atoms with Gasteiger partial charge in [0.2, 0.25) is 0 Å². The average molecular weight is 379 g/mol. The number of benzene rings is 1. The molecule has 0 unspecified atom stereocenters. The van der Waals surface area contributed by atoms with Gasteiger partial charge in [-0.2, -0.15) is 11.8 Å². The van der Waals surface area contributed by atoms with Crippen LogP contribution in [0, 0.1) is 11.3 Å². The predicted octanol–water partition coefficient (Wildman–Crippen LogP) is 3.04. The van der Waals surface area contributed by atoms with Crippen molar-refractivity contribution in [3.63, 3.8) is 0 Å². The Morgan fingerprint density at radius 1 is 1.15 bits per heavy atom. The maximum Gasteiger partial charge on any atom is 0.115 e. The molecule has 2 fully saturated rings. The number of rotatable bonds is 7. The predicted molar refractivity (Wildman–Crippen MR) is 110 cm³/mol. The van der Waals surface area contributed by atoms with Gasteiger partial charge in [-0.05, 0) is 87.0 Å². The highest BCUT2D eigenvalue weighted by Gasteiger charge is 2.44. The third kappa shape index (κ3) is 4.94. The Labute approximate surface area is 162 Å². The Bertz CT molecular complexity index is 561. The first kappa shape index (κ1) is 20.0. The number of likely N-dealkylation sites (tertiary alicyclic amines) is 2. The molecule has 0 saturated carbocycles. The lowest BCUT2D eigenvalue weighted by atomic mass is 9.64. The summed E-state index contributed by atoms with van der Waals surface area (Å²) >= 11 is 1.92. The first-order chi connectivity index (χ1) is 12.6. The molecular formula is C21H34N2O2S. The smallest absolute Gasteiger partial charge is 0.115 e. The number of phenolic OH excluding ortho intramolecular Hbond substituents is 1. The third-order valence-electron chi connectivity index (χ3n) is 6.48. The molecule has 5 heteroatoms. The lowest BCUT2D eigenvalue weighted by molar-refractivity contribution is -0.0427. The molecule has 26 heavy (non-hydrogen) atoms. The van der Waals surface area contributed by atoms with Crippen LogP contribution in [0.15, 0.2) is 24.3 Å². The first-order valence-electron chi connectivity index (χ1n) is 9.97. The van der Waals surface area contributed by atoms with Gasteiger partial charge in [0.15, 0.2) is 0 Å². The van der Waals surface area contributed by atoms with Crippen molar-refractivity contribution >= 4 is 11.8 Å². The fraction of sp³-hybridized carbons (Fsp3) is 0.714. The van der Waals surface area contributed by atoms with Crippen LogP contribution in [-0.4, -0.2) is 71.4 Å². The highest BCUT2D eigenvalue weighted by molar-refractivity contribution is 7.98. The zero-order valence-corrected chi connectivity index (χ0v) is 16.9. The number of phenols is 1. The van der Waals surface area contributed by atoms with Crippen molar-refractivity contribution < 1.29 is 10.2 Å². The lowest BCUT2D eigenvalue weighted by Crippen LogP contribution is -2.53. The van der Waals surface area contributed by atoms with Crippen molar-refractivity contribution in [1.29, 1.82) is 0 Å². The molecular weight excluding hydrogens is 344 g/mol. The molecule has 2 aliphatic rings. The molecule has 2 aliphatic heterocycles. The number of aliphatic hydroxyl groups is 1. The lowest BCUT2D eigenvalue weighted by Gasteiger charge is -2.51. The van der Waals surface area contributed by atoms with Crippen molar-refractivity contribution in [2.45, 2.75) is 32.2 Å². The van der Waals surface area contributed by atoms with Gasteiger partial charge in [-0.25, -0.2) is 0 Å². The van der Waals surface area contributed by atoms with Crippen molar-refractivity contribution in [3.8, 4) is 5.75 Å². The average Bonchev–Trinajstić information content (AvgIpc) is 2.65. The Morgan fingerprint density at radius 3 is 2.54 bits per heavy atom. The van der Waals surface area contributed by atoms with E-state index < -0.39 is 0 Å². The van der Waals surface area contributed by atoms with E-state index in [1.807, 2.05) is 23.9 Å². The number of nitrogens with zero attached hydrogens (tertiary/aromatic N) is 2. The molecule has 146 valence electrons. The summed E-state index contributed by atoms with van der Waals surface area (Å²) in [7, 11) is 0. The largest absolute Gasteiger partial charge is 0.508 e. The van der Waals surface area contributed by atoms with E-state index in [0.29, 0.717) is 23.7 Å². The Balaban J connectivity index is 1.52. The molecule has 0 bridgehead atoms. The molecule has 2 saturated heterocycles. The summed E-state index contributed by atoms with van der Waals surface area (Å²) in [5.74, 6) is 2.01. The fourth-order valence-electron chi connectivity index (χ4n) is 4.80. The van der Waals surface area contributed by atoms with Crippen molar-refractivity contribution in [2.24, 2.45) is 11.3 Å². The number of thioether (sulfide) groups is 1. The summed E-state index contributed by atoms with van der Waals surface area (Å²) in [5, 5.41) is 19.7. The fourth-order valence-corrected chi connectivity index (χ4v) is 5.21. The van der Waals surface area contributed by atoms with Gasteiger partial charge in [0.1, 0.15) is 5.75 Å². The van der Waals surface area contributed by atoms with Gasteiger partial charge in [0, 0.05) is 25.6 Å². The summed E-state index contributed by atoms with van der Waals surface area (Å²) in [4.78, 5) is 5.07. The molecule has 2 heterocycles. The van der Waals surface area contributed by atoms with E-state index in [2.05, 4.69) is 22.1 Å². The minimum Gasteiger partial charge on any atom is -0.508 e. The number of piperidine rings is 2. The monoisotopic (exact) mass is 378 g/mol. The Hall–Kier alpha value is -0.750. The van der Waals surface area contributed by atoms with E-state index >= 15 is 0 Å². The van der Waals surface area contributed by atoms with E-state index in [9.17, 15) is 10.2 Å². The van der Waals surface area contributed by atoms with Crippen LogP contribution in [0.3, 0.4) is 0 Å². The number of hydrogen-bond acceptors (Lipinski definition) is 5. The van der Waals surface area contributed by atoms with Gasteiger partial charge < -0.3 is 15.1 Å². The maximum absolute atomic E-state index is 10.1. The number of aliphatic hydroxyl groups excluding tert-OH is 1. The minimum atomic E-state index is 0.325. The molecule has 2 N–H and O–H groups in total. The quantitative estimate of drug-likeness (QED) is 0.714. The van der Waals surface area contributed by atoms with E-state index in [1.54, 1.807) is 6.07 Å². The van der Waals surface area contributed by atoms with Crippen LogP contribution in [0.5, 0.6) is 5.75 Å². The molecule has 1 atom stereocenters. The third-order valence-corrected chi connectivity index (χ3v) is 7.18. The summed E-state index contributed by atoms with van der Waals surface area (Å²) in [5.41, 5.74) is 1.52. The van der Waals surface area contributed by atoms with E-state index in [0.717, 1.165) is 26.2 Å². The molecule has 1 aromatic carbocycles. The second kappa shape index (κ2) is 9.45. The molecule has 0 aliphatic carbocycles. The molecule has 4 nitrogen and oxygen atoms in total. The van der Waals surface area contributed by atoms with Gasteiger partial charge in [0.05, 0.1) is 0 Å². The SMILES string of the molecule is CSCCCN1CCC2(CCN(Cc3cccc(O)c3)CC2)[C@@H](CO)C1.